The second-order valence-corrected chi connectivity index (χ2v) is 6.83. The maximum atomic E-state index is 12.5. The zero-order valence-corrected chi connectivity index (χ0v) is 14.1. The number of rotatable bonds is 3. The zero-order valence-electron chi connectivity index (χ0n) is 13.3. The molecule has 1 N–H and O–H groups in total. The number of benzene rings is 1. The second-order valence-electron chi connectivity index (χ2n) is 6.43. The Labute approximate surface area is 146 Å². The lowest BCUT2D eigenvalue weighted by Crippen LogP contribution is -2.27. The van der Waals surface area contributed by atoms with Crippen molar-refractivity contribution >= 4 is 29.0 Å². The number of amides is 1. The minimum absolute atomic E-state index is 0.0109. The fourth-order valence-electron chi connectivity index (χ4n) is 3.52. The molecule has 1 saturated heterocycles. The van der Waals surface area contributed by atoms with Crippen LogP contribution in [0.3, 0.4) is 0 Å². The van der Waals surface area contributed by atoms with Crippen molar-refractivity contribution in [2.24, 2.45) is 5.92 Å². The highest BCUT2D eigenvalue weighted by molar-refractivity contribution is 6.33. The number of nitrogens with zero attached hydrogens (tertiary/aromatic N) is 3. The monoisotopic (exact) mass is 342 g/mol. The number of hydrogen-bond donors (Lipinski definition) is 1. The van der Waals surface area contributed by atoms with Gasteiger partial charge in [0, 0.05) is 13.1 Å². The SMILES string of the molecule is O=C(Nc1cc2c(nn1)CCC2)C1CCN(c2ccccc2Cl)C1. The van der Waals surface area contributed by atoms with E-state index in [4.69, 9.17) is 11.6 Å². The second kappa shape index (κ2) is 6.40. The summed E-state index contributed by atoms with van der Waals surface area (Å²) in [7, 11) is 0. The minimum Gasteiger partial charge on any atom is -0.370 e. The van der Waals surface area contributed by atoms with E-state index >= 15 is 0 Å². The Hall–Kier alpha value is -2.14. The van der Waals surface area contributed by atoms with Gasteiger partial charge in [0.2, 0.25) is 5.91 Å². The molecule has 4 rings (SSSR count). The lowest BCUT2D eigenvalue weighted by molar-refractivity contribution is -0.119. The van der Waals surface area contributed by atoms with Crippen molar-refractivity contribution in [3.05, 3.63) is 46.6 Å². The predicted molar refractivity (Wildman–Crippen MR) is 94.5 cm³/mol. The molecule has 1 unspecified atom stereocenters. The van der Waals surface area contributed by atoms with Crippen LogP contribution in [-0.2, 0) is 17.6 Å². The summed E-state index contributed by atoms with van der Waals surface area (Å²) in [5, 5.41) is 12.0. The Balaban J connectivity index is 1.42. The Morgan fingerprint density at radius 3 is 3.00 bits per heavy atom. The van der Waals surface area contributed by atoms with Crippen molar-refractivity contribution in [2.75, 3.05) is 23.3 Å². The number of aromatic nitrogens is 2. The van der Waals surface area contributed by atoms with E-state index in [-0.39, 0.29) is 11.8 Å². The van der Waals surface area contributed by atoms with E-state index in [0.717, 1.165) is 48.6 Å². The van der Waals surface area contributed by atoms with Gasteiger partial charge in [0.05, 0.1) is 22.3 Å². The van der Waals surface area contributed by atoms with Crippen LogP contribution >= 0.6 is 11.6 Å². The molecule has 1 amide bonds. The first kappa shape index (κ1) is 15.4. The van der Waals surface area contributed by atoms with Gasteiger partial charge in [-0.3, -0.25) is 4.79 Å². The third kappa shape index (κ3) is 2.96. The highest BCUT2D eigenvalue weighted by Gasteiger charge is 2.29. The van der Waals surface area contributed by atoms with Crippen molar-refractivity contribution in [3.8, 4) is 0 Å². The summed E-state index contributed by atoms with van der Waals surface area (Å²) in [5.41, 5.74) is 3.27. The van der Waals surface area contributed by atoms with Gasteiger partial charge >= 0.3 is 0 Å². The number of aryl methyl sites for hydroxylation is 2. The molecular weight excluding hydrogens is 324 g/mol. The average Bonchev–Trinajstić information content (AvgIpc) is 3.24. The molecule has 2 aromatic rings. The lowest BCUT2D eigenvalue weighted by Gasteiger charge is -2.19. The van der Waals surface area contributed by atoms with Gasteiger partial charge in [-0.25, -0.2) is 0 Å². The lowest BCUT2D eigenvalue weighted by atomic mass is 10.1. The maximum absolute atomic E-state index is 12.5. The topological polar surface area (TPSA) is 58.1 Å². The number of hydrogen-bond acceptors (Lipinski definition) is 4. The molecule has 124 valence electrons. The molecule has 1 aromatic heterocycles. The van der Waals surface area contributed by atoms with Gasteiger partial charge in [-0.05, 0) is 49.4 Å². The van der Waals surface area contributed by atoms with Crippen LogP contribution < -0.4 is 10.2 Å². The van der Waals surface area contributed by atoms with Gasteiger partial charge in [-0.2, -0.15) is 5.10 Å². The first-order chi connectivity index (χ1) is 11.7. The molecule has 0 bridgehead atoms. The van der Waals surface area contributed by atoms with E-state index in [1.165, 1.54) is 5.56 Å². The van der Waals surface area contributed by atoms with Gasteiger partial charge in [0.15, 0.2) is 5.82 Å². The van der Waals surface area contributed by atoms with Crippen LogP contribution in [0.2, 0.25) is 5.02 Å². The van der Waals surface area contributed by atoms with Crippen LogP contribution in [0, 0.1) is 5.92 Å². The molecule has 2 heterocycles. The van der Waals surface area contributed by atoms with Crippen LogP contribution in [0.15, 0.2) is 30.3 Å². The van der Waals surface area contributed by atoms with E-state index < -0.39 is 0 Å². The molecule has 0 saturated carbocycles. The summed E-state index contributed by atoms with van der Waals surface area (Å²) in [6.45, 7) is 1.51. The standard InChI is InChI=1S/C18H19ClN4O/c19-14-5-1-2-7-16(14)23-9-8-13(11-23)18(24)20-17-10-12-4-3-6-15(12)21-22-17/h1-2,5,7,10,13H,3-4,6,8-9,11H2,(H,20,22,24). The van der Waals surface area contributed by atoms with Crippen LogP contribution in [0.5, 0.6) is 0 Å². The Morgan fingerprint density at radius 1 is 1.25 bits per heavy atom. The molecule has 1 fully saturated rings. The summed E-state index contributed by atoms with van der Waals surface area (Å²) >= 11 is 6.25. The summed E-state index contributed by atoms with van der Waals surface area (Å²) in [5.74, 6) is 0.518. The van der Waals surface area contributed by atoms with Gasteiger partial charge in [0.1, 0.15) is 0 Å². The highest BCUT2D eigenvalue weighted by atomic mass is 35.5. The van der Waals surface area contributed by atoms with E-state index in [1.807, 2.05) is 30.3 Å². The van der Waals surface area contributed by atoms with Gasteiger partial charge < -0.3 is 10.2 Å². The number of para-hydroxylation sites is 1. The molecule has 1 aliphatic heterocycles. The Kier molecular flexibility index (Phi) is 4.10. The van der Waals surface area contributed by atoms with Crippen molar-refractivity contribution in [1.82, 2.24) is 10.2 Å². The van der Waals surface area contributed by atoms with E-state index in [0.29, 0.717) is 12.4 Å². The van der Waals surface area contributed by atoms with Gasteiger partial charge in [-0.15, -0.1) is 5.10 Å². The molecule has 24 heavy (non-hydrogen) atoms. The van der Waals surface area contributed by atoms with E-state index in [9.17, 15) is 4.79 Å². The minimum atomic E-state index is -0.0590. The third-order valence-corrected chi connectivity index (χ3v) is 5.14. The molecule has 0 spiro atoms. The average molecular weight is 343 g/mol. The van der Waals surface area contributed by atoms with Crippen LogP contribution in [0.1, 0.15) is 24.1 Å². The molecule has 1 aliphatic carbocycles. The maximum Gasteiger partial charge on any atom is 0.230 e. The summed E-state index contributed by atoms with van der Waals surface area (Å²) < 4.78 is 0. The molecule has 2 aliphatic rings. The third-order valence-electron chi connectivity index (χ3n) is 4.82. The number of halogens is 1. The van der Waals surface area contributed by atoms with Crippen LogP contribution in [0.4, 0.5) is 11.5 Å². The molecule has 0 radical (unpaired) electrons. The van der Waals surface area contributed by atoms with Gasteiger partial charge in [-0.1, -0.05) is 23.7 Å². The Morgan fingerprint density at radius 2 is 2.12 bits per heavy atom. The summed E-state index contributed by atoms with van der Waals surface area (Å²) in [4.78, 5) is 14.7. The normalized spacial score (nSPS) is 19.4. The van der Waals surface area contributed by atoms with Crippen LogP contribution in [-0.4, -0.2) is 29.2 Å². The molecular formula is C18H19ClN4O. The van der Waals surface area contributed by atoms with Crippen molar-refractivity contribution < 1.29 is 4.79 Å². The summed E-state index contributed by atoms with van der Waals surface area (Å²) in [6, 6.07) is 9.72. The quantitative estimate of drug-likeness (QED) is 0.931. The number of fused-ring (bicyclic) bond motifs is 1. The predicted octanol–water partition coefficient (Wildman–Crippen LogP) is 3.08. The van der Waals surface area contributed by atoms with E-state index in [1.54, 1.807) is 0 Å². The zero-order chi connectivity index (χ0) is 16.5. The summed E-state index contributed by atoms with van der Waals surface area (Å²) in [6.07, 6.45) is 3.95. The fraction of sp³-hybridized carbons (Fsp3) is 0.389. The first-order valence-corrected chi connectivity index (χ1v) is 8.74. The fourth-order valence-corrected chi connectivity index (χ4v) is 3.77. The number of nitrogens with one attached hydrogen (secondary N) is 1. The Bertz CT molecular complexity index is 779. The molecule has 1 atom stereocenters. The van der Waals surface area contributed by atoms with Crippen molar-refractivity contribution in [2.45, 2.75) is 25.7 Å². The smallest absolute Gasteiger partial charge is 0.230 e. The number of anilines is 2. The largest absolute Gasteiger partial charge is 0.370 e. The molecule has 6 heteroatoms. The van der Waals surface area contributed by atoms with Crippen LogP contribution in [0.25, 0.3) is 0 Å². The molecule has 5 nitrogen and oxygen atoms in total. The van der Waals surface area contributed by atoms with Crippen molar-refractivity contribution in [3.63, 3.8) is 0 Å². The highest BCUT2D eigenvalue weighted by Crippen LogP contribution is 2.30. The van der Waals surface area contributed by atoms with Gasteiger partial charge in [0.25, 0.3) is 0 Å². The first-order valence-electron chi connectivity index (χ1n) is 8.36. The number of carbonyl (C=O) groups excluding carboxylic acids is 1. The van der Waals surface area contributed by atoms with Crippen molar-refractivity contribution in [1.29, 1.82) is 0 Å². The number of carbonyl (C=O) groups is 1. The molecule has 1 aromatic carbocycles. The van der Waals surface area contributed by atoms with E-state index in [2.05, 4.69) is 20.4 Å².